The van der Waals surface area contributed by atoms with Crippen molar-refractivity contribution in [3.05, 3.63) is 46.5 Å². The van der Waals surface area contributed by atoms with E-state index in [0.717, 1.165) is 23.5 Å². The number of amides is 1. The van der Waals surface area contributed by atoms with E-state index in [1.807, 2.05) is 0 Å². The Kier molecular flexibility index (Phi) is 6.04. The number of benzene rings is 1. The van der Waals surface area contributed by atoms with Crippen LogP contribution in [0, 0.1) is 25.7 Å². The normalized spacial score (nSPS) is 21.2. The van der Waals surface area contributed by atoms with Gasteiger partial charge in [-0.05, 0) is 56.9 Å². The van der Waals surface area contributed by atoms with Crippen molar-refractivity contribution in [3.8, 4) is 10.6 Å². The Morgan fingerprint density at radius 3 is 2.48 bits per heavy atom. The summed E-state index contributed by atoms with van der Waals surface area (Å²) in [4.78, 5) is 26.9. The van der Waals surface area contributed by atoms with Gasteiger partial charge in [0, 0.05) is 28.5 Å². The van der Waals surface area contributed by atoms with Crippen LogP contribution in [0.4, 0.5) is 0 Å². The molecule has 33 heavy (non-hydrogen) atoms. The largest absolute Gasteiger partial charge is 0.481 e. The smallest absolute Gasteiger partial charge is 0.306 e. The summed E-state index contributed by atoms with van der Waals surface area (Å²) in [6, 6.07) is 10.5. The van der Waals surface area contributed by atoms with Crippen LogP contribution >= 0.6 is 11.3 Å². The van der Waals surface area contributed by atoms with Crippen LogP contribution in [0.2, 0.25) is 0 Å². The number of hydrogen-bond donors (Lipinski definition) is 2. The van der Waals surface area contributed by atoms with Crippen molar-refractivity contribution in [3.63, 3.8) is 0 Å². The number of aryl methyl sites for hydroxylation is 1. The minimum absolute atomic E-state index is 0.0482. The quantitative estimate of drug-likeness (QED) is 0.459. The first kappa shape index (κ1) is 22.2. The highest BCUT2D eigenvalue weighted by molar-refractivity contribution is 7.17. The van der Waals surface area contributed by atoms with Crippen molar-refractivity contribution in [1.82, 2.24) is 9.88 Å². The number of nitrogens with zero attached hydrogens (tertiary/aromatic N) is 1. The third kappa shape index (κ3) is 4.21. The topological polar surface area (TPSA) is 71.3 Å². The van der Waals surface area contributed by atoms with Crippen LogP contribution in [0.25, 0.3) is 21.3 Å². The molecule has 0 bridgehead atoms. The molecule has 5 rings (SSSR count). The molecule has 2 heterocycles. The zero-order valence-electron chi connectivity index (χ0n) is 19.4. The molecule has 0 unspecified atom stereocenters. The van der Waals surface area contributed by atoms with Crippen LogP contribution in [0.3, 0.4) is 0 Å². The molecule has 0 spiro atoms. The molecule has 1 aromatic carbocycles. The number of nitrogens with one attached hydrogen (secondary N) is 1. The molecule has 0 radical (unpaired) electrons. The lowest BCUT2D eigenvalue weighted by Gasteiger charge is -2.32. The number of carbonyl (C=O) groups excluding carboxylic acids is 1. The Labute approximate surface area is 198 Å². The lowest BCUT2D eigenvalue weighted by Crippen LogP contribution is -2.46. The van der Waals surface area contributed by atoms with Crippen LogP contribution in [0.15, 0.2) is 30.3 Å². The summed E-state index contributed by atoms with van der Waals surface area (Å²) in [6.07, 6.45) is 7.45. The van der Waals surface area contributed by atoms with Gasteiger partial charge in [0.1, 0.15) is 0 Å². The number of carboxylic acids is 1. The number of hydrogen-bond acceptors (Lipinski definition) is 3. The highest BCUT2D eigenvalue weighted by atomic mass is 32.1. The number of aromatic nitrogens is 1. The fourth-order valence-electron chi connectivity index (χ4n) is 5.57. The third-order valence-corrected chi connectivity index (χ3v) is 8.80. The molecule has 2 aliphatic carbocycles. The molecule has 5 nitrogen and oxygen atoms in total. The standard InChI is InChI=1S/C27H32N2O3S/c1-16-23(26(30)28-20-12-19(13-20)27(31)32)14-24(29(16)15-18-8-4-3-5-9-18)25-22-11-7-6-10-21(22)17(2)33-25/h6-7,10-11,14,18-20H,3-5,8-9,12-13,15H2,1-2H3,(H,28,30)(H,31,32)/t19-,20-. The number of thiophene rings is 1. The first-order valence-corrected chi connectivity index (χ1v) is 13.0. The van der Waals surface area contributed by atoms with Gasteiger partial charge in [0.2, 0.25) is 0 Å². The van der Waals surface area contributed by atoms with Crippen LogP contribution < -0.4 is 5.32 Å². The first-order chi connectivity index (χ1) is 15.9. The molecule has 2 aliphatic rings. The highest BCUT2D eigenvalue weighted by Gasteiger charge is 2.36. The second-order valence-electron chi connectivity index (χ2n) is 9.85. The van der Waals surface area contributed by atoms with E-state index in [2.05, 4.69) is 54.1 Å². The molecule has 174 valence electrons. The Bertz CT molecular complexity index is 1200. The number of aliphatic carboxylic acids is 1. The maximum Gasteiger partial charge on any atom is 0.306 e. The van der Waals surface area contributed by atoms with Gasteiger partial charge in [-0.3, -0.25) is 9.59 Å². The minimum atomic E-state index is -0.766. The summed E-state index contributed by atoms with van der Waals surface area (Å²) in [6.45, 7) is 5.18. The number of carbonyl (C=O) groups is 2. The second kappa shape index (κ2) is 8.98. The lowest BCUT2D eigenvalue weighted by molar-refractivity contribution is -0.145. The molecule has 0 aliphatic heterocycles. The van der Waals surface area contributed by atoms with E-state index in [4.69, 9.17) is 5.11 Å². The van der Waals surface area contributed by atoms with Crippen molar-refractivity contribution in [2.75, 3.05) is 0 Å². The molecule has 3 aromatic rings. The van der Waals surface area contributed by atoms with Gasteiger partial charge >= 0.3 is 5.97 Å². The van der Waals surface area contributed by atoms with E-state index < -0.39 is 5.97 Å². The summed E-state index contributed by atoms with van der Waals surface area (Å²) >= 11 is 1.81. The van der Waals surface area contributed by atoms with E-state index in [-0.39, 0.29) is 17.9 Å². The number of carboxylic acid groups (broad SMARTS) is 1. The van der Waals surface area contributed by atoms with E-state index in [0.29, 0.717) is 18.8 Å². The molecule has 2 aromatic heterocycles. The average Bonchev–Trinajstić information content (AvgIpc) is 3.28. The summed E-state index contributed by atoms with van der Waals surface area (Å²) in [5.41, 5.74) is 2.86. The summed E-state index contributed by atoms with van der Waals surface area (Å²) in [5, 5.41) is 14.8. The fourth-order valence-corrected chi connectivity index (χ4v) is 6.72. The summed E-state index contributed by atoms with van der Waals surface area (Å²) in [7, 11) is 0. The molecule has 2 fully saturated rings. The molecule has 6 heteroatoms. The Morgan fingerprint density at radius 1 is 1.09 bits per heavy atom. The Hall–Kier alpha value is -2.60. The molecular formula is C27H32N2O3S. The fraction of sp³-hybridized carbons (Fsp3) is 0.481. The van der Waals surface area contributed by atoms with Gasteiger partial charge in [0.05, 0.1) is 22.1 Å². The molecular weight excluding hydrogens is 432 g/mol. The van der Waals surface area contributed by atoms with E-state index in [9.17, 15) is 9.59 Å². The van der Waals surface area contributed by atoms with Crippen molar-refractivity contribution in [1.29, 1.82) is 0 Å². The van der Waals surface area contributed by atoms with Gasteiger partial charge in [-0.1, -0.05) is 43.5 Å². The Morgan fingerprint density at radius 2 is 1.79 bits per heavy atom. The minimum Gasteiger partial charge on any atom is -0.481 e. The van der Waals surface area contributed by atoms with Crippen molar-refractivity contribution in [2.45, 2.75) is 71.4 Å². The SMILES string of the molecule is Cc1sc(-c2cc(C(=O)N[C@H]3C[C@H](C(=O)O)C3)c(C)n2CC2CCCCC2)c2ccccc12. The summed E-state index contributed by atoms with van der Waals surface area (Å²) in [5.74, 6) is -0.529. The summed E-state index contributed by atoms with van der Waals surface area (Å²) < 4.78 is 2.38. The number of rotatable bonds is 6. The van der Waals surface area contributed by atoms with Gasteiger partial charge in [-0.15, -0.1) is 11.3 Å². The number of fused-ring (bicyclic) bond motifs is 1. The van der Waals surface area contributed by atoms with Gasteiger partial charge in [0.25, 0.3) is 5.91 Å². The predicted molar refractivity (Wildman–Crippen MR) is 133 cm³/mol. The molecule has 2 saturated carbocycles. The van der Waals surface area contributed by atoms with Gasteiger partial charge < -0.3 is 15.0 Å². The van der Waals surface area contributed by atoms with Crippen molar-refractivity contribution in [2.24, 2.45) is 11.8 Å². The average molecular weight is 465 g/mol. The molecule has 0 atom stereocenters. The van der Waals surface area contributed by atoms with E-state index >= 15 is 0 Å². The Balaban J connectivity index is 1.50. The van der Waals surface area contributed by atoms with Crippen LogP contribution in [0.5, 0.6) is 0 Å². The zero-order valence-corrected chi connectivity index (χ0v) is 20.2. The predicted octanol–water partition coefficient (Wildman–Crippen LogP) is 6.16. The maximum absolute atomic E-state index is 13.2. The van der Waals surface area contributed by atoms with E-state index in [1.165, 1.54) is 52.6 Å². The van der Waals surface area contributed by atoms with Crippen LogP contribution in [0.1, 0.15) is 65.9 Å². The molecule has 2 N–H and O–H groups in total. The van der Waals surface area contributed by atoms with Gasteiger partial charge in [0.15, 0.2) is 0 Å². The highest BCUT2D eigenvalue weighted by Crippen LogP contribution is 2.41. The van der Waals surface area contributed by atoms with Crippen molar-refractivity contribution < 1.29 is 14.7 Å². The van der Waals surface area contributed by atoms with Gasteiger partial charge in [-0.2, -0.15) is 0 Å². The molecule has 1 amide bonds. The molecule has 0 saturated heterocycles. The third-order valence-electron chi connectivity index (χ3n) is 7.64. The van der Waals surface area contributed by atoms with Crippen LogP contribution in [-0.4, -0.2) is 27.6 Å². The monoisotopic (exact) mass is 464 g/mol. The second-order valence-corrected chi connectivity index (χ2v) is 11.1. The zero-order chi connectivity index (χ0) is 23.1. The van der Waals surface area contributed by atoms with Crippen LogP contribution in [-0.2, 0) is 11.3 Å². The lowest BCUT2D eigenvalue weighted by atomic mass is 9.80. The van der Waals surface area contributed by atoms with Crippen molar-refractivity contribution >= 4 is 34.0 Å². The van der Waals surface area contributed by atoms with E-state index in [1.54, 1.807) is 11.3 Å². The van der Waals surface area contributed by atoms with Gasteiger partial charge in [-0.25, -0.2) is 0 Å². The first-order valence-electron chi connectivity index (χ1n) is 12.1. The maximum atomic E-state index is 13.2.